The molecule has 1 N–H and O–H groups in total. The molecule has 8 heteroatoms. The van der Waals surface area contributed by atoms with E-state index in [4.69, 9.17) is 4.74 Å². The Bertz CT molecular complexity index is 671. The number of ether oxygens (including phenoxy) is 1. The molecule has 0 unspecified atom stereocenters. The number of hydrogen-bond donors (Lipinski definition) is 1. The molecule has 28 heavy (non-hydrogen) atoms. The maximum Gasteiger partial charge on any atom is 0.409 e. The molecule has 2 fully saturated rings. The molecule has 0 aliphatic carbocycles. The normalized spacial score (nSPS) is 18.8. The first kappa shape index (κ1) is 20.4. The second-order valence-electron chi connectivity index (χ2n) is 7.19. The molecule has 3 amide bonds. The summed E-state index contributed by atoms with van der Waals surface area (Å²) < 4.78 is 18.7. The van der Waals surface area contributed by atoms with E-state index in [1.54, 1.807) is 28.0 Å². The molecule has 0 saturated carbocycles. The number of nitrogens with zero attached hydrogens (tertiary/aromatic N) is 3. The lowest BCUT2D eigenvalue weighted by Gasteiger charge is -2.42. The van der Waals surface area contributed by atoms with E-state index in [9.17, 15) is 14.0 Å². The van der Waals surface area contributed by atoms with Gasteiger partial charge in [0.2, 0.25) is 0 Å². The van der Waals surface area contributed by atoms with Crippen molar-refractivity contribution < 1.29 is 18.7 Å². The zero-order valence-electron chi connectivity index (χ0n) is 16.4. The summed E-state index contributed by atoms with van der Waals surface area (Å²) in [6.07, 6.45) is 1.63. The van der Waals surface area contributed by atoms with Crippen molar-refractivity contribution in [1.29, 1.82) is 0 Å². The summed E-state index contributed by atoms with van der Waals surface area (Å²) in [7, 11) is 0. The van der Waals surface area contributed by atoms with Crippen LogP contribution in [0.4, 0.5) is 14.0 Å². The third-order valence-corrected chi connectivity index (χ3v) is 5.50. The number of halogens is 1. The first-order valence-electron chi connectivity index (χ1n) is 10.0. The molecule has 1 aromatic carbocycles. The number of piperidine rings is 1. The summed E-state index contributed by atoms with van der Waals surface area (Å²) in [5.41, 5.74) is 0.489. The van der Waals surface area contributed by atoms with Crippen LogP contribution >= 0.6 is 0 Å². The van der Waals surface area contributed by atoms with E-state index in [0.29, 0.717) is 44.4 Å². The van der Waals surface area contributed by atoms with Gasteiger partial charge in [0.15, 0.2) is 0 Å². The Kier molecular flexibility index (Phi) is 7.08. The van der Waals surface area contributed by atoms with Crippen LogP contribution in [-0.4, -0.2) is 78.7 Å². The third kappa shape index (κ3) is 5.13. The van der Waals surface area contributed by atoms with Crippen LogP contribution in [-0.2, 0) is 11.3 Å². The lowest BCUT2D eigenvalue weighted by Crippen LogP contribution is -2.56. The minimum Gasteiger partial charge on any atom is -0.450 e. The summed E-state index contributed by atoms with van der Waals surface area (Å²) in [6.45, 7) is 6.78. The molecule has 2 aliphatic rings. The van der Waals surface area contributed by atoms with Crippen molar-refractivity contribution in [1.82, 2.24) is 20.0 Å². The molecular weight excluding hydrogens is 363 g/mol. The average molecular weight is 392 g/mol. The van der Waals surface area contributed by atoms with E-state index in [2.05, 4.69) is 10.2 Å². The molecule has 0 atom stereocenters. The Labute approximate surface area is 165 Å². The first-order valence-corrected chi connectivity index (χ1v) is 10.0. The summed E-state index contributed by atoms with van der Waals surface area (Å²) in [4.78, 5) is 30.1. The topological polar surface area (TPSA) is 65.1 Å². The number of carbonyl (C=O) groups is 2. The van der Waals surface area contributed by atoms with Gasteiger partial charge in [-0.2, -0.15) is 0 Å². The van der Waals surface area contributed by atoms with Gasteiger partial charge in [0.05, 0.1) is 6.61 Å². The SMILES string of the molecule is CCOC(=O)N1CCC(N2CCN(C(=O)NCc3ccccc3F)CC2)CC1. The summed E-state index contributed by atoms with van der Waals surface area (Å²) >= 11 is 0. The van der Waals surface area contributed by atoms with Crippen LogP contribution in [0.5, 0.6) is 0 Å². The minimum atomic E-state index is -0.304. The predicted octanol–water partition coefficient (Wildman–Crippen LogP) is 2.27. The van der Waals surface area contributed by atoms with E-state index >= 15 is 0 Å². The smallest absolute Gasteiger partial charge is 0.409 e. The second kappa shape index (κ2) is 9.73. The molecule has 154 valence electrons. The zero-order chi connectivity index (χ0) is 19.9. The van der Waals surface area contributed by atoms with Gasteiger partial charge >= 0.3 is 12.1 Å². The van der Waals surface area contributed by atoms with Crippen LogP contribution in [0.15, 0.2) is 24.3 Å². The Balaban J connectivity index is 1.39. The Morgan fingerprint density at radius 1 is 1.07 bits per heavy atom. The van der Waals surface area contributed by atoms with Gasteiger partial charge in [0.25, 0.3) is 0 Å². The number of rotatable bonds is 4. The van der Waals surface area contributed by atoms with Crippen molar-refractivity contribution in [2.24, 2.45) is 0 Å². The van der Waals surface area contributed by atoms with Crippen molar-refractivity contribution in [3.8, 4) is 0 Å². The van der Waals surface area contributed by atoms with Crippen molar-refractivity contribution in [2.75, 3.05) is 45.9 Å². The van der Waals surface area contributed by atoms with Crippen molar-refractivity contribution in [3.05, 3.63) is 35.6 Å². The van der Waals surface area contributed by atoms with Crippen LogP contribution in [0.3, 0.4) is 0 Å². The predicted molar refractivity (Wildman–Crippen MR) is 103 cm³/mol. The fourth-order valence-corrected chi connectivity index (χ4v) is 3.84. The Hall–Kier alpha value is -2.35. The highest BCUT2D eigenvalue weighted by atomic mass is 19.1. The maximum atomic E-state index is 13.7. The van der Waals surface area contributed by atoms with Gasteiger partial charge < -0.3 is 19.9 Å². The highest BCUT2D eigenvalue weighted by Gasteiger charge is 2.30. The number of amides is 3. The van der Waals surface area contributed by atoms with E-state index in [0.717, 1.165) is 25.9 Å². The highest BCUT2D eigenvalue weighted by molar-refractivity contribution is 5.74. The minimum absolute atomic E-state index is 0.153. The van der Waals surface area contributed by atoms with Crippen molar-refractivity contribution in [2.45, 2.75) is 32.4 Å². The number of benzene rings is 1. The Morgan fingerprint density at radius 3 is 2.39 bits per heavy atom. The van der Waals surface area contributed by atoms with Gasteiger partial charge in [0.1, 0.15) is 5.82 Å². The average Bonchev–Trinajstić information content (AvgIpc) is 2.73. The van der Waals surface area contributed by atoms with Crippen LogP contribution < -0.4 is 5.32 Å². The molecule has 2 aliphatic heterocycles. The van der Waals surface area contributed by atoms with Crippen LogP contribution in [0.1, 0.15) is 25.3 Å². The second-order valence-corrected chi connectivity index (χ2v) is 7.19. The van der Waals surface area contributed by atoms with Gasteiger partial charge in [-0.3, -0.25) is 4.90 Å². The standard InChI is InChI=1S/C20H29FN4O3/c1-2-28-20(27)25-9-7-17(8-10-25)23-11-13-24(14-12-23)19(26)22-15-16-5-3-4-6-18(16)21/h3-6,17H,2,7-15H2,1H3,(H,22,26). The van der Waals surface area contributed by atoms with Crippen LogP contribution in [0.2, 0.25) is 0 Å². The molecule has 0 aromatic heterocycles. The van der Waals surface area contributed by atoms with E-state index < -0.39 is 0 Å². The summed E-state index contributed by atoms with van der Waals surface area (Å²) in [5, 5.41) is 2.80. The van der Waals surface area contributed by atoms with Gasteiger partial charge in [-0.15, -0.1) is 0 Å². The molecule has 2 saturated heterocycles. The molecule has 3 rings (SSSR count). The Morgan fingerprint density at radius 2 is 1.75 bits per heavy atom. The van der Waals surface area contributed by atoms with Gasteiger partial charge in [-0.05, 0) is 25.8 Å². The molecule has 0 bridgehead atoms. The number of nitrogens with one attached hydrogen (secondary N) is 1. The molecule has 0 radical (unpaired) electrons. The lowest BCUT2D eigenvalue weighted by molar-refractivity contribution is 0.0568. The number of carbonyl (C=O) groups excluding carboxylic acids is 2. The molecular formula is C20H29FN4O3. The lowest BCUT2D eigenvalue weighted by atomic mass is 10.0. The van der Waals surface area contributed by atoms with Crippen LogP contribution in [0, 0.1) is 5.82 Å². The fourth-order valence-electron chi connectivity index (χ4n) is 3.84. The van der Waals surface area contributed by atoms with Gasteiger partial charge in [0, 0.05) is 57.4 Å². The van der Waals surface area contributed by atoms with Crippen molar-refractivity contribution >= 4 is 12.1 Å². The number of hydrogen-bond acceptors (Lipinski definition) is 4. The first-order chi connectivity index (χ1) is 13.6. The van der Waals surface area contributed by atoms with E-state index in [1.165, 1.54) is 6.07 Å². The number of urea groups is 1. The maximum absolute atomic E-state index is 13.7. The third-order valence-electron chi connectivity index (χ3n) is 5.50. The molecule has 7 nitrogen and oxygen atoms in total. The van der Waals surface area contributed by atoms with Gasteiger partial charge in [-0.25, -0.2) is 14.0 Å². The van der Waals surface area contributed by atoms with Gasteiger partial charge in [-0.1, -0.05) is 18.2 Å². The van der Waals surface area contributed by atoms with Crippen LogP contribution in [0.25, 0.3) is 0 Å². The molecule has 2 heterocycles. The quantitative estimate of drug-likeness (QED) is 0.854. The summed E-state index contributed by atoms with van der Waals surface area (Å²) in [6, 6.07) is 6.76. The van der Waals surface area contributed by atoms with E-state index in [1.807, 2.05) is 6.92 Å². The fraction of sp³-hybridized carbons (Fsp3) is 0.600. The monoisotopic (exact) mass is 392 g/mol. The number of likely N-dealkylation sites (tertiary alicyclic amines) is 1. The number of piperazine rings is 1. The molecule has 1 aromatic rings. The zero-order valence-corrected chi connectivity index (χ0v) is 16.4. The van der Waals surface area contributed by atoms with Crippen molar-refractivity contribution in [3.63, 3.8) is 0 Å². The largest absolute Gasteiger partial charge is 0.450 e. The summed E-state index contributed by atoms with van der Waals surface area (Å²) in [5.74, 6) is -0.304. The van der Waals surface area contributed by atoms with E-state index in [-0.39, 0.29) is 24.5 Å². The highest BCUT2D eigenvalue weighted by Crippen LogP contribution is 2.19. The molecule has 0 spiro atoms.